The first-order valence-electron chi connectivity index (χ1n) is 13.0. The van der Waals surface area contributed by atoms with Gasteiger partial charge in [0.25, 0.3) is 5.91 Å². The molecule has 2 heterocycles. The lowest BCUT2D eigenvalue weighted by Crippen LogP contribution is -2.42. The number of aliphatic hydroxyl groups is 1. The van der Waals surface area contributed by atoms with Gasteiger partial charge in [0.2, 0.25) is 5.91 Å². The molecule has 1 aromatic carbocycles. The van der Waals surface area contributed by atoms with Crippen LogP contribution >= 0.6 is 22.7 Å². The summed E-state index contributed by atoms with van der Waals surface area (Å²) in [5, 5.41) is 22.2. The average molecular weight is 573 g/mol. The van der Waals surface area contributed by atoms with Gasteiger partial charge in [-0.1, -0.05) is 19.1 Å². The summed E-state index contributed by atoms with van der Waals surface area (Å²) in [6.45, 7) is 6.53. The number of carboxylic acid groups (broad SMARTS) is 1. The number of hydrogen-bond donors (Lipinski definition) is 4. The number of nitrogens with one attached hydrogen (secondary N) is 1. The molecule has 0 unspecified atom stereocenters. The Morgan fingerprint density at radius 1 is 1.15 bits per heavy atom. The van der Waals surface area contributed by atoms with Crippen LogP contribution in [0.15, 0.2) is 41.2 Å². The lowest BCUT2D eigenvalue weighted by Gasteiger charge is -2.33. The topological polar surface area (TPSA) is 146 Å². The molecule has 1 fully saturated rings. The van der Waals surface area contributed by atoms with E-state index in [4.69, 9.17) is 10.8 Å². The zero-order chi connectivity index (χ0) is 28.5. The molecule has 0 bridgehead atoms. The first-order chi connectivity index (χ1) is 18.7. The molecule has 5 N–H and O–H groups in total. The fraction of sp³-hybridized carbons (Fsp3) is 0.429. The molecule has 39 heavy (non-hydrogen) atoms. The molecule has 2 aromatic heterocycles. The van der Waals surface area contributed by atoms with Gasteiger partial charge in [-0.15, -0.1) is 22.7 Å². The van der Waals surface area contributed by atoms with Gasteiger partial charge in [-0.3, -0.25) is 9.59 Å². The second-order valence-corrected chi connectivity index (χ2v) is 11.6. The van der Waals surface area contributed by atoms with Crippen LogP contribution in [0.2, 0.25) is 0 Å². The number of benzene rings is 1. The molecule has 0 radical (unpaired) electrons. The number of rotatable bonds is 8. The third-order valence-corrected chi connectivity index (χ3v) is 8.25. The maximum atomic E-state index is 13.5. The Hall–Kier alpha value is -3.12. The highest BCUT2D eigenvalue weighted by molar-refractivity contribution is 7.18. The molecule has 0 spiro atoms. The maximum Gasteiger partial charge on any atom is 0.348 e. The van der Waals surface area contributed by atoms with Crippen LogP contribution in [0.1, 0.15) is 66.6 Å². The van der Waals surface area contributed by atoms with Crippen LogP contribution in [0.5, 0.6) is 0 Å². The van der Waals surface area contributed by atoms with E-state index in [-0.39, 0.29) is 35.3 Å². The Kier molecular flexibility index (Phi) is 11.2. The normalized spacial score (nSPS) is 16.8. The van der Waals surface area contributed by atoms with Crippen molar-refractivity contribution in [3.8, 4) is 10.4 Å². The largest absolute Gasteiger partial charge is 0.477 e. The van der Waals surface area contributed by atoms with Crippen LogP contribution in [-0.4, -0.2) is 52.2 Å². The molecule has 0 aliphatic heterocycles. The zero-order valence-corrected chi connectivity index (χ0v) is 24.1. The van der Waals surface area contributed by atoms with Crippen molar-refractivity contribution < 1.29 is 24.6 Å². The van der Waals surface area contributed by atoms with Gasteiger partial charge in [0, 0.05) is 34.4 Å². The van der Waals surface area contributed by atoms with Gasteiger partial charge in [-0.2, -0.15) is 0 Å². The molecule has 1 aliphatic rings. The van der Waals surface area contributed by atoms with Crippen LogP contribution in [0.3, 0.4) is 0 Å². The highest BCUT2D eigenvalue weighted by atomic mass is 32.1. The van der Waals surface area contributed by atoms with Gasteiger partial charge >= 0.3 is 5.97 Å². The van der Waals surface area contributed by atoms with Crippen molar-refractivity contribution in [2.45, 2.75) is 52.5 Å². The molecular formula is C28H36N4O5S2. The van der Waals surface area contributed by atoms with Gasteiger partial charge in [0.05, 0.1) is 17.8 Å². The summed E-state index contributed by atoms with van der Waals surface area (Å²) in [6.07, 6.45) is 3.73. The number of hydrogen-bond acceptors (Lipinski definition) is 8. The number of aliphatic hydroxyl groups excluding tert-OH is 1. The second kappa shape index (κ2) is 14.3. The molecule has 2 amide bonds. The minimum absolute atomic E-state index is 0.0128. The number of carboxylic acids is 1. The van der Waals surface area contributed by atoms with E-state index in [0.717, 1.165) is 47.5 Å². The summed E-state index contributed by atoms with van der Waals surface area (Å²) in [5.41, 5.74) is 8.63. The summed E-state index contributed by atoms with van der Waals surface area (Å²) in [4.78, 5) is 44.5. The third kappa shape index (κ3) is 7.95. The number of carbonyl (C=O) groups is 3. The lowest BCUT2D eigenvalue weighted by molar-refractivity contribution is -0.123. The first kappa shape index (κ1) is 30.4. The number of amides is 2. The average Bonchev–Trinajstić information content (AvgIpc) is 3.61. The number of thiophene rings is 1. The Bertz CT molecular complexity index is 1230. The van der Waals surface area contributed by atoms with Gasteiger partial charge in [0.15, 0.2) is 0 Å². The van der Waals surface area contributed by atoms with Crippen LogP contribution in [0, 0.1) is 11.8 Å². The molecule has 9 nitrogen and oxygen atoms in total. The number of anilines is 2. The quantitative estimate of drug-likeness (QED) is 0.285. The number of nitrogens with zero attached hydrogens (tertiary/aromatic N) is 2. The van der Waals surface area contributed by atoms with Crippen molar-refractivity contribution >= 4 is 51.8 Å². The van der Waals surface area contributed by atoms with Gasteiger partial charge in [0.1, 0.15) is 10.6 Å². The van der Waals surface area contributed by atoms with Crippen molar-refractivity contribution in [1.29, 1.82) is 0 Å². The zero-order valence-electron chi connectivity index (χ0n) is 22.4. The number of thiazole rings is 1. The van der Waals surface area contributed by atoms with E-state index in [1.54, 1.807) is 34.0 Å². The Balaban J connectivity index is 0.000000983. The van der Waals surface area contributed by atoms with E-state index in [1.807, 2.05) is 26.0 Å². The Labute approximate surface area is 236 Å². The van der Waals surface area contributed by atoms with E-state index in [2.05, 4.69) is 17.2 Å². The molecule has 0 saturated heterocycles. The van der Waals surface area contributed by atoms with Crippen molar-refractivity contribution in [3.05, 3.63) is 51.8 Å². The fourth-order valence-corrected chi connectivity index (χ4v) is 5.97. The van der Waals surface area contributed by atoms with Crippen LogP contribution in [0.25, 0.3) is 10.4 Å². The molecule has 210 valence electrons. The molecule has 1 aliphatic carbocycles. The van der Waals surface area contributed by atoms with Crippen LogP contribution in [0.4, 0.5) is 11.4 Å². The van der Waals surface area contributed by atoms with Gasteiger partial charge < -0.3 is 26.2 Å². The van der Waals surface area contributed by atoms with Gasteiger partial charge in [-0.25, -0.2) is 9.78 Å². The predicted octanol–water partition coefficient (Wildman–Crippen LogP) is 5.33. The van der Waals surface area contributed by atoms with Crippen molar-refractivity contribution in [2.75, 3.05) is 23.4 Å². The Morgan fingerprint density at radius 3 is 2.31 bits per heavy atom. The van der Waals surface area contributed by atoms with E-state index < -0.39 is 5.97 Å². The molecular weight excluding hydrogens is 536 g/mol. The van der Waals surface area contributed by atoms with Crippen molar-refractivity contribution in [2.24, 2.45) is 17.6 Å². The van der Waals surface area contributed by atoms with E-state index in [0.29, 0.717) is 29.5 Å². The maximum absolute atomic E-state index is 13.5. The fourth-order valence-electron chi connectivity index (χ4n) is 4.45. The first-order valence-corrected chi connectivity index (χ1v) is 14.7. The lowest BCUT2D eigenvalue weighted by atomic mass is 9.82. The highest BCUT2D eigenvalue weighted by Gasteiger charge is 2.33. The van der Waals surface area contributed by atoms with Crippen LogP contribution < -0.4 is 16.0 Å². The summed E-state index contributed by atoms with van der Waals surface area (Å²) in [5.74, 6) is -0.755. The summed E-state index contributed by atoms with van der Waals surface area (Å²) in [7, 11) is 0. The number of aromatic carboxylic acids is 1. The molecule has 0 atom stereocenters. The monoisotopic (exact) mass is 572 g/mol. The van der Waals surface area contributed by atoms with Crippen molar-refractivity contribution in [1.82, 2.24) is 4.98 Å². The smallest absolute Gasteiger partial charge is 0.348 e. The van der Waals surface area contributed by atoms with Crippen LogP contribution in [-0.2, 0) is 4.79 Å². The molecule has 3 aromatic rings. The Morgan fingerprint density at radius 2 is 1.79 bits per heavy atom. The summed E-state index contributed by atoms with van der Waals surface area (Å²) < 4.78 is 0. The summed E-state index contributed by atoms with van der Waals surface area (Å²) in [6, 6.07) is 8.86. The van der Waals surface area contributed by atoms with Gasteiger partial charge in [-0.05, 0) is 69.2 Å². The molecule has 1 saturated carbocycles. The minimum atomic E-state index is -1.04. The second-order valence-electron chi connectivity index (χ2n) is 9.81. The van der Waals surface area contributed by atoms with E-state index in [9.17, 15) is 19.5 Å². The highest BCUT2D eigenvalue weighted by Crippen LogP contribution is 2.40. The predicted molar refractivity (Wildman–Crippen MR) is 157 cm³/mol. The summed E-state index contributed by atoms with van der Waals surface area (Å²) >= 11 is 2.51. The van der Waals surface area contributed by atoms with Crippen molar-refractivity contribution in [3.63, 3.8) is 0 Å². The van der Waals surface area contributed by atoms with E-state index >= 15 is 0 Å². The van der Waals surface area contributed by atoms with E-state index in [1.165, 1.54) is 11.3 Å². The number of carbonyl (C=O) groups excluding carboxylic acids is 2. The number of aromatic nitrogens is 1. The SMILES string of the molecule is CC(C)N(c1cc(-c2ccc(NC(=O)c3cscn3)cc2)sc1C(=O)O)C(=O)[C@H]1CC[C@H](C)CC1.NCCO. The minimum Gasteiger partial charge on any atom is -0.477 e. The molecule has 4 rings (SSSR count). The molecule has 11 heteroatoms. The standard InChI is InChI=1S/C26H29N3O4S2.C2H7NO/c1-15(2)29(25(31)18-6-4-16(3)5-7-18)21-12-22(35-23(21)26(32)33)17-8-10-19(11-9-17)28-24(30)20-13-34-14-27-20;3-1-2-4/h8-16,18H,4-7H2,1-3H3,(H,28,30)(H,32,33);4H,1-3H2/t16-,18-;. The third-order valence-electron chi connectivity index (χ3n) is 6.51. The number of nitrogens with two attached hydrogens (primary N) is 1.